The van der Waals surface area contributed by atoms with Crippen LogP contribution < -0.4 is 11.5 Å². The smallest absolute Gasteiger partial charge is 0.191 e. The number of guanidine groups is 1. The van der Waals surface area contributed by atoms with Gasteiger partial charge >= 0.3 is 0 Å². The minimum atomic E-state index is 0.0746. The van der Waals surface area contributed by atoms with Gasteiger partial charge in [-0.3, -0.25) is 0 Å². The molecule has 0 saturated carbocycles. The molecule has 4 N–H and O–H groups in total. The molecule has 5 heteroatoms. The first-order chi connectivity index (χ1) is 6.65. The number of aromatic nitrogens is 1. The van der Waals surface area contributed by atoms with Crippen molar-refractivity contribution in [3.63, 3.8) is 0 Å². The third kappa shape index (κ3) is 1.67. The first kappa shape index (κ1) is 8.96. The lowest BCUT2D eigenvalue weighted by molar-refractivity contribution is 1.34. The molecule has 0 unspecified atom stereocenters. The molecule has 0 spiro atoms. The average molecular weight is 206 g/mol. The summed E-state index contributed by atoms with van der Waals surface area (Å²) in [4.78, 5) is 8.31. The fourth-order valence-corrected chi connectivity index (χ4v) is 2.11. The molecule has 2 rings (SSSR count). The van der Waals surface area contributed by atoms with Crippen LogP contribution in [0.2, 0.25) is 0 Å². The van der Waals surface area contributed by atoms with Crippen molar-refractivity contribution >= 4 is 33.2 Å². The largest absolute Gasteiger partial charge is 0.370 e. The van der Waals surface area contributed by atoms with Gasteiger partial charge in [0.15, 0.2) is 5.96 Å². The van der Waals surface area contributed by atoms with E-state index < -0.39 is 0 Å². The van der Waals surface area contributed by atoms with E-state index in [-0.39, 0.29) is 5.96 Å². The Balaban J connectivity index is 2.56. The molecule has 1 aromatic heterocycles. The monoisotopic (exact) mass is 206 g/mol. The maximum atomic E-state index is 5.29. The number of hydrogen-bond donors (Lipinski definition) is 2. The van der Waals surface area contributed by atoms with E-state index in [4.69, 9.17) is 11.5 Å². The standard InChI is InChI=1S/C9H10N4S/c1-5-12-7-3-2-6(13-9(10)11)4-8(7)14-5/h2-4H,1H3,(H4,10,11,13). The molecule has 2 aromatic rings. The fourth-order valence-electron chi connectivity index (χ4n) is 1.25. The number of benzene rings is 1. The maximum absolute atomic E-state index is 5.29. The number of rotatable bonds is 1. The molecule has 72 valence electrons. The highest BCUT2D eigenvalue weighted by molar-refractivity contribution is 7.18. The van der Waals surface area contributed by atoms with Crippen molar-refractivity contribution in [1.29, 1.82) is 0 Å². The summed E-state index contributed by atoms with van der Waals surface area (Å²) in [5.74, 6) is 0.0746. The highest BCUT2D eigenvalue weighted by atomic mass is 32.1. The van der Waals surface area contributed by atoms with Gasteiger partial charge < -0.3 is 11.5 Å². The number of aliphatic imine (C=N–C) groups is 1. The van der Waals surface area contributed by atoms with Crippen molar-refractivity contribution in [3.05, 3.63) is 23.2 Å². The molecule has 0 fully saturated rings. The van der Waals surface area contributed by atoms with Crippen molar-refractivity contribution < 1.29 is 0 Å². The molecular formula is C9H10N4S. The van der Waals surface area contributed by atoms with Crippen LogP contribution in [0.5, 0.6) is 0 Å². The molecule has 0 aliphatic rings. The van der Waals surface area contributed by atoms with Crippen LogP contribution in [0, 0.1) is 6.92 Å². The van der Waals surface area contributed by atoms with E-state index in [1.54, 1.807) is 11.3 Å². The first-order valence-electron chi connectivity index (χ1n) is 4.12. The zero-order valence-corrected chi connectivity index (χ0v) is 8.51. The molecule has 14 heavy (non-hydrogen) atoms. The van der Waals surface area contributed by atoms with Gasteiger partial charge in [-0.2, -0.15) is 0 Å². The quantitative estimate of drug-likeness (QED) is 0.548. The van der Waals surface area contributed by atoms with Gasteiger partial charge in [-0.05, 0) is 25.1 Å². The van der Waals surface area contributed by atoms with Crippen LogP contribution >= 0.6 is 11.3 Å². The second-order valence-corrected chi connectivity index (χ2v) is 4.16. The number of fused-ring (bicyclic) bond motifs is 1. The molecule has 1 heterocycles. The van der Waals surface area contributed by atoms with E-state index in [9.17, 15) is 0 Å². The Hall–Kier alpha value is -1.62. The zero-order valence-electron chi connectivity index (χ0n) is 7.69. The van der Waals surface area contributed by atoms with Crippen LogP contribution in [0.1, 0.15) is 5.01 Å². The Morgan fingerprint density at radius 1 is 1.43 bits per heavy atom. The van der Waals surface area contributed by atoms with E-state index >= 15 is 0 Å². The van der Waals surface area contributed by atoms with Crippen LogP contribution in [0.3, 0.4) is 0 Å². The summed E-state index contributed by atoms with van der Waals surface area (Å²) in [7, 11) is 0. The predicted octanol–water partition coefficient (Wildman–Crippen LogP) is 1.51. The Morgan fingerprint density at radius 3 is 2.93 bits per heavy atom. The van der Waals surface area contributed by atoms with Gasteiger partial charge in [-0.25, -0.2) is 9.98 Å². The van der Waals surface area contributed by atoms with Crippen LogP contribution in [-0.4, -0.2) is 10.9 Å². The molecule has 0 amide bonds. The molecule has 0 aliphatic carbocycles. The Kier molecular flexibility index (Phi) is 2.09. The lowest BCUT2D eigenvalue weighted by Crippen LogP contribution is -2.21. The molecule has 0 atom stereocenters. The Morgan fingerprint density at radius 2 is 2.21 bits per heavy atom. The number of hydrogen-bond acceptors (Lipinski definition) is 3. The number of aryl methyl sites for hydroxylation is 1. The van der Waals surface area contributed by atoms with Gasteiger partial charge in [-0.15, -0.1) is 11.3 Å². The summed E-state index contributed by atoms with van der Waals surface area (Å²) in [6.07, 6.45) is 0. The second kappa shape index (κ2) is 3.26. The number of nitrogens with zero attached hydrogens (tertiary/aromatic N) is 2. The molecule has 0 radical (unpaired) electrons. The Labute approximate surface area is 85.3 Å². The minimum Gasteiger partial charge on any atom is -0.370 e. The highest BCUT2D eigenvalue weighted by Crippen LogP contribution is 2.25. The average Bonchev–Trinajstić information content (AvgIpc) is 2.42. The highest BCUT2D eigenvalue weighted by Gasteiger charge is 2.00. The van der Waals surface area contributed by atoms with Gasteiger partial charge in [0.2, 0.25) is 0 Å². The van der Waals surface area contributed by atoms with Crippen molar-refractivity contribution in [2.24, 2.45) is 16.5 Å². The Bertz CT molecular complexity index is 496. The van der Waals surface area contributed by atoms with Crippen LogP contribution in [0.25, 0.3) is 10.2 Å². The minimum absolute atomic E-state index is 0.0746. The predicted molar refractivity (Wildman–Crippen MR) is 59.8 cm³/mol. The van der Waals surface area contributed by atoms with E-state index in [0.717, 1.165) is 20.9 Å². The molecule has 4 nitrogen and oxygen atoms in total. The van der Waals surface area contributed by atoms with Crippen LogP contribution in [0.4, 0.5) is 5.69 Å². The van der Waals surface area contributed by atoms with Crippen LogP contribution in [0.15, 0.2) is 23.2 Å². The van der Waals surface area contributed by atoms with Crippen molar-refractivity contribution in [1.82, 2.24) is 4.98 Å². The lowest BCUT2D eigenvalue weighted by Gasteiger charge is -1.93. The third-order valence-electron chi connectivity index (χ3n) is 1.74. The van der Waals surface area contributed by atoms with E-state index in [0.29, 0.717) is 0 Å². The SMILES string of the molecule is Cc1nc2ccc(N=C(N)N)cc2s1. The second-order valence-electron chi connectivity index (χ2n) is 2.92. The maximum Gasteiger partial charge on any atom is 0.191 e. The molecule has 0 aliphatic heterocycles. The van der Waals surface area contributed by atoms with Crippen molar-refractivity contribution in [2.45, 2.75) is 6.92 Å². The normalized spacial score (nSPS) is 10.4. The summed E-state index contributed by atoms with van der Waals surface area (Å²) < 4.78 is 1.10. The number of nitrogens with two attached hydrogens (primary N) is 2. The third-order valence-corrected chi connectivity index (χ3v) is 2.67. The van der Waals surface area contributed by atoms with Gasteiger partial charge in [-0.1, -0.05) is 0 Å². The molecule has 0 saturated heterocycles. The molecule has 1 aromatic carbocycles. The van der Waals surface area contributed by atoms with E-state index in [1.165, 1.54) is 0 Å². The topological polar surface area (TPSA) is 77.3 Å². The summed E-state index contributed by atoms with van der Waals surface area (Å²) in [5.41, 5.74) is 12.3. The van der Waals surface area contributed by atoms with Crippen molar-refractivity contribution in [2.75, 3.05) is 0 Å². The molecule has 0 bridgehead atoms. The fraction of sp³-hybridized carbons (Fsp3) is 0.111. The van der Waals surface area contributed by atoms with Gasteiger partial charge in [0.25, 0.3) is 0 Å². The van der Waals surface area contributed by atoms with Crippen molar-refractivity contribution in [3.8, 4) is 0 Å². The molecular weight excluding hydrogens is 196 g/mol. The summed E-state index contributed by atoms with van der Waals surface area (Å²) in [6, 6.07) is 5.70. The summed E-state index contributed by atoms with van der Waals surface area (Å²) in [5, 5.41) is 1.04. The van der Waals surface area contributed by atoms with Gasteiger partial charge in [0.1, 0.15) is 0 Å². The summed E-state index contributed by atoms with van der Waals surface area (Å²) in [6.45, 7) is 1.98. The number of thiazole rings is 1. The van der Waals surface area contributed by atoms with Crippen LogP contribution in [-0.2, 0) is 0 Å². The van der Waals surface area contributed by atoms with E-state index in [1.807, 2.05) is 25.1 Å². The van der Waals surface area contributed by atoms with E-state index in [2.05, 4.69) is 9.98 Å². The zero-order chi connectivity index (χ0) is 10.1. The van der Waals surface area contributed by atoms with Gasteiger partial charge in [0.05, 0.1) is 20.9 Å². The first-order valence-corrected chi connectivity index (χ1v) is 4.93. The lowest BCUT2D eigenvalue weighted by atomic mass is 10.3. The van der Waals surface area contributed by atoms with Gasteiger partial charge in [0, 0.05) is 0 Å². The summed E-state index contributed by atoms with van der Waals surface area (Å²) >= 11 is 1.63.